The lowest BCUT2D eigenvalue weighted by atomic mass is 9.94. The summed E-state index contributed by atoms with van der Waals surface area (Å²) in [5.41, 5.74) is 3.11. The summed E-state index contributed by atoms with van der Waals surface area (Å²) in [7, 11) is 0. The molecule has 1 aliphatic heterocycles. The Hall–Kier alpha value is -1.32. The summed E-state index contributed by atoms with van der Waals surface area (Å²) in [6.45, 7) is 2.02. The van der Waals surface area contributed by atoms with Crippen molar-refractivity contribution in [2.45, 2.75) is 25.6 Å². The topological polar surface area (TPSA) is 29.5 Å². The molecular weight excluding hydrogens is 304 g/mol. The van der Waals surface area contributed by atoms with Crippen LogP contribution in [-0.4, -0.2) is 5.11 Å². The average molecular weight is 319 g/mol. The van der Waals surface area contributed by atoms with Crippen molar-refractivity contribution in [1.82, 2.24) is 0 Å². The predicted molar refractivity (Wildman–Crippen MR) is 78.3 cm³/mol. The highest BCUT2D eigenvalue weighted by Crippen LogP contribution is 2.42. The van der Waals surface area contributed by atoms with Crippen LogP contribution in [0.3, 0.4) is 0 Å². The summed E-state index contributed by atoms with van der Waals surface area (Å²) in [4.78, 5) is 0. The lowest BCUT2D eigenvalue weighted by Gasteiger charge is -2.30. The van der Waals surface area contributed by atoms with E-state index in [4.69, 9.17) is 4.74 Å². The van der Waals surface area contributed by atoms with E-state index in [9.17, 15) is 5.11 Å². The van der Waals surface area contributed by atoms with E-state index in [1.807, 2.05) is 49.4 Å². The van der Waals surface area contributed by atoms with Crippen molar-refractivity contribution in [2.75, 3.05) is 0 Å². The third-order valence-corrected chi connectivity index (χ3v) is 4.21. The molecule has 98 valence electrons. The summed E-state index contributed by atoms with van der Waals surface area (Å²) < 4.78 is 7.05. The van der Waals surface area contributed by atoms with Gasteiger partial charge in [0, 0.05) is 22.0 Å². The standard InChI is InChI=1S/C16H15BrO2/c1-10-6-7-15-12(8-10)14(18)9-16(19-15)11-4-2-3-5-13(11)17/h2-8,14,16,18H,9H2,1H3/t14-,16?/m0/s1. The Morgan fingerprint density at radius 2 is 1.95 bits per heavy atom. The maximum absolute atomic E-state index is 10.3. The monoisotopic (exact) mass is 318 g/mol. The van der Waals surface area contributed by atoms with Gasteiger partial charge in [-0.1, -0.05) is 45.8 Å². The highest BCUT2D eigenvalue weighted by molar-refractivity contribution is 9.10. The normalized spacial score (nSPS) is 21.6. The first-order valence-electron chi connectivity index (χ1n) is 6.35. The first-order chi connectivity index (χ1) is 9.15. The van der Waals surface area contributed by atoms with Crippen LogP contribution in [0.2, 0.25) is 0 Å². The van der Waals surface area contributed by atoms with Crippen LogP contribution in [-0.2, 0) is 0 Å². The molecule has 2 nitrogen and oxygen atoms in total. The molecule has 1 N–H and O–H groups in total. The van der Waals surface area contributed by atoms with Crippen LogP contribution in [0.4, 0.5) is 0 Å². The molecule has 19 heavy (non-hydrogen) atoms. The van der Waals surface area contributed by atoms with E-state index in [1.165, 1.54) is 0 Å². The van der Waals surface area contributed by atoms with Gasteiger partial charge in [0.25, 0.3) is 0 Å². The molecule has 3 rings (SSSR count). The van der Waals surface area contributed by atoms with Gasteiger partial charge in [-0.05, 0) is 25.1 Å². The SMILES string of the molecule is Cc1ccc2c(c1)[C@@H](O)CC(c1ccccc1Br)O2. The molecule has 0 amide bonds. The molecule has 1 unspecified atom stereocenters. The van der Waals surface area contributed by atoms with Crippen molar-refractivity contribution < 1.29 is 9.84 Å². The van der Waals surface area contributed by atoms with Gasteiger partial charge in [-0.15, -0.1) is 0 Å². The Bertz CT molecular complexity index is 609. The van der Waals surface area contributed by atoms with Gasteiger partial charge in [0.15, 0.2) is 0 Å². The zero-order chi connectivity index (χ0) is 13.4. The first-order valence-corrected chi connectivity index (χ1v) is 7.14. The molecule has 0 saturated carbocycles. The number of aryl methyl sites for hydroxylation is 1. The molecule has 0 aliphatic carbocycles. The molecule has 2 atom stereocenters. The fraction of sp³-hybridized carbons (Fsp3) is 0.250. The number of aliphatic hydroxyl groups excluding tert-OH is 1. The average Bonchev–Trinajstić information content (AvgIpc) is 2.40. The Labute approximate surface area is 121 Å². The highest BCUT2D eigenvalue weighted by atomic mass is 79.9. The van der Waals surface area contributed by atoms with Crippen LogP contribution in [0.25, 0.3) is 0 Å². The van der Waals surface area contributed by atoms with Crippen molar-refractivity contribution in [3.8, 4) is 5.75 Å². The highest BCUT2D eigenvalue weighted by Gasteiger charge is 2.28. The van der Waals surface area contributed by atoms with E-state index in [1.54, 1.807) is 0 Å². The zero-order valence-corrected chi connectivity index (χ0v) is 12.2. The third kappa shape index (κ3) is 2.40. The number of benzene rings is 2. The minimum atomic E-state index is -0.472. The van der Waals surface area contributed by atoms with E-state index in [0.717, 1.165) is 26.9 Å². The van der Waals surface area contributed by atoms with E-state index in [-0.39, 0.29) is 6.10 Å². The zero-order valence-electron chi connectivity index (χ0n) is 10.6. The summed E-state index contributed by atoms with van der Waals surface area (Å²) in [5.74, 6) is 0.783. The largest absolute Gasteiger partial charge is 0.485 e. The number of ether oxygens (including phenoxy) is 1. The van der Waals surface area contributed by atoms with Gasteiger partial charge in [0.05, 0.1) is 6.10 Å². The molecule has 0 bridgehead atoms. The van der Waals surface area contributed by atoms with Crippen molar-refractivity contribution >= 4 is 15.9 Å². The van der Waals surface area contributed by atoms with Crippen LogP contribution >= 0.6 is 15.9 Å². The van der Waals surface area contributed by atoms with Gasteiger partial charge in [0.1, 0.15) is 11.9 Å². The fourth-order valence-electron chi connectivity index (χ4n) is 2.49. The number of hydrogen-bond acceptors (Lipinski definition) is 2. The molecular formula is C16H15BrO2. The van der Waals surface area contributed by atoms with Crippen LogP contribution in [0.5, 0.6) is 5.75 Å². The van der Waals surface area contributed by atoms with E-state index in [2.05, 4.69) is 15.9 Å². The number of hydrogen-bond donors (Lipinski definition) is 1. The van der Waals surface area contributed by atoms with E-state index in [0.29, 0.717) is 6.42 Å². The van der Waals surface area contributed by atoms with Gasteiger partial charge >= 0.3 is 0 Å². The summed E-state index contributed by atoms with van der Waals surface area (Å²) >= 11 is 3.54. The van der Waals surface area contributed by atoms with Gasteiger partial charge in [0.2, 0.25) is 0 Å². The predicted octanol–water partition coefficient (Wildman–Crippen LogP) is 4.31. The minimum absolute atomic E-state index is 0.110. The number of fused-ring (bicyclic) bond motifs is 1. The van der Waals surface area contributed by atoms with Crippen molar-refractivity contribution in [3.05, 3.63) is 63.6 Å². The van der Waals surface area contributed by atoms with Gasteiger partial charge in [-0.2, -0.15) is 0 Å². The minimum Gasteiger partial charge on any atom is -0.485 e. The molecule has 0 saturated heterocycles. The maximum atomic E-state index is 10.3. The summed E-state index contributed by atoms with van der Waals surface area (Å²) in [6.07, 6.45) is 0.000497. The Kier molecular flexibility index (Phi) is 3.33. The Morgan fingerprint density at radius 3 is 2.74 bits per heavy atom. The Balaban J connectivity index is 1.97. The molecule has 0 fully saturated rings. The Morgan fingerprint density at radius 1 is 1.16 bits per heavy atom. The second kappa shape index (κ2) is 4.99. The fourth-order valence-corrected chi connectivity index (χ4v) is 3.03. The third-order valence-electron chi connectivity index (χ3n) is 3.48. The van der Waals surface area contributed by atoms with Gasteiger partial charge in [-0.3, -0.25) is 0 Å². The quantitative estimate of drug-likeness (QED) is 0.848. The smallest absolute Gasteiger partial charge is 0.128 e. The summed E-state index contributed by atoms with van der Waals surface area (Å²) in [6, 6.07) is 13.9. The molecule has 2 aromatic carbocycles. The van der Waals surface area contributed by atoms with Crippen molar-refractivity contribution in [3.63, 3.8) is 0 Å². The maximum Gasteiger partial charge on any atom is 0.128 e. The molecule has 2 aromatic rings. The van der Waals surface area contributed by atoms with Crippen LogP contribution in [0.1, 0.15) is 35.3 Å². The lowest BCUT2D eigenvalue weighted by Crippen LogP contribution is -2.19. The van der Waals surface area contributed by atoms with E-state index >= 15 is 0 Å². The summed E-state index contributed by atoms with van der Waals surface area (Å²) in [5, 5.41) is 10.3. The van der Waals surface area contributed by atoms with Crippen LogP contribution in [0, 0.1) is 6.92 Å². The molecule has 1 aliphatic rings. The number of rotatable bonds is 1. The number of aliphatic hydroxyl groups is 1. The molecule has 0 radical (unpaired) electrons. The van der Waals surface area contributed by atoms with Crippen LogP contribution in [0.15, 0.2) is 46.9 Å². The van der Waals surface area contributed by atoms with Gasteiger partial charge in [-0.25, -0.2) is 0 Å². The second-order valence-electron chi connectivity index (χ2n) is 4.92. The second-order valence-corrected chi connectivity index (χ2v) is 5.78. The molecule has 0 aromatic heterocycles. The van der Waals surface area contributed by atoms with Gasteiger partial charge < -0.3 is 9.84 Å². The molecule has 1 heterocycles. The molecule has 0 spiro atoms. The van der Waals surface area contributed by atoms with E-state index < -0.39 is 6.10 Å². The number of halogens is 1. The van der Waals surface area contributed by atoms with Crippen LogP contribution < -0.4 is 4.74 Å². The van der Waals surface area contributed by atoms with Crippen molar-refractivity contribution in [2.24, 2.45) is 0 Å². The van der Waals surface area contributed by atoms with Crippen molar-refractivity contribution in [1.29, 1.82) is 0 Å². The first kappa shape index (κ1) is 12.7. The lowest BCUT2D eigenvalue weighted by molar-refractivity contribution is 0.0653. The molecule has 3 heteroatoms.